The highest BCUT2D eigenvalue weighted by molar-refractivity contribution is 8.02. The lowest BCUT2D eigenvalue weighted by Crippen LogP contribution is -2.38. The van der Waals surface area contributed by atoms with Gasteiger partial charge in [-0.3, -0.25) is 14.5 Å². The van der Waals surface area contributed by atoms with Gasteiger partial charge < -0.3 is 5.73 Å². The number of anilines is 1. The molecule has 2 heterocycles. The summed E-state index contributed by atoms with van der Waals surface area (Å²) in [6.45, 7) is 5.74. The van der Waals surface area contributed by atoms with E-state index >= 15 is 0 Å². The number of nitrogen functional groups attached to an aromatic ring is 1. The van der Waals surface area contributed by atoms with Crippen LogP contribution < -0.4 is 5.73 Å². The van der Waals surface area contributed by atoms with Crippen LogP contribution in [0.25, 0.3) is 0 Å². The van der Waals surface area contributed by atoms with Crippen molar-refractivity contribution in [2.75, 3.05) is 5.73 Å². The minimum atomic E-state index is -0.333. The molecule has 2 rings (SSSR count). The van der Waals surface area contributed by atoms with Crippen LogP contribution in [0.3, 0.4) is 0 Å². The zero-order chi connectivity index (χ0) is 14.2. The predicted molar refractivity (Wildman–Crippen MR) is 77.1 cm³/mol. The van der Waals surface area contributed by atoms with Crippen LogP contribution in [-0.2, 0) is 9.59 Å². The summed E-state index contributed by atoms with van der Waals surface area (Å²) in [6.07, 6.45) is 1.05. The molecule has 2 unspecified atom stereocenters. The molecule has 2 atom stereocenters. The first kappa shape index (κ1) is 14.3. The third kappa shape index (κ3) is 2.76. The van der Waals surface area contributed by atoms with Gasteiger partial charge in [-0.1, -0.05) is 30.0 Å². The Labute approximate surface area is 120 Å². The molecular formula is C12H17N3O2S2. The fourth-order valence-corrected chi connectivity index (χ4v) is 4.28. The van der Waals surface area contributed by atoms with Crippen molar-refractivity contribution in [3.8, 4) is 0 Å². The Balaban J connectivity index is 2.13. The molecule has 7 heteroatoms. The number of thiazole rings is 1. The third-order valence-electron chi connectivity index (χ3n) is 3.19. The van der Waals surface area contributed by atoms with Crippen molar-refractivity contribution >= 4 is 40.0 Å². The van der Waals surface area contributed by atoms with Gasteiger partial charge in [0.15, 0.2) is 5.13 Å². The van der Waals surface area contributed by atoms with Crippen LogP contribution in [0.4, 0.5) is 5.13 Å². The van der Waals surface area contributed by atoms with Gasteiger partial charge >= 0.3 is 0 Å². The lowest BCUT2D eigenvalue weighted by Gasteiger charge is -2.21. The van der Waals surface area contributed by atoms with Gasteiger partial charge in [-0.25, -0.2) is 4.98 Å². The summed E-state index contributed by atoms with van der Waals surface area (Å²) in [5.41, 5.74) is 6.47. The first-order chi connectivity index (χ1) is 8.93. The van der Waals surface area contributed by atoms with Crippen LogP contribution in [0.5, 0.6) is 0 Å². The van der Waals surface area contributed by atoms with Gasteiger partial charge in [0.2, 0.25) is 11.8 Å². The number of hydrogen-bond acceptors (Lipinski definition) is 6. The number of carbonyl (C=O) groups excluding carboxylic acids is 2. The van der Waals surface area contributed by atoms with E-state index in [-0.39, 0.29) is 29.5 Å². The average Bonchev–Trinajstić information content (AvgIpc) is 2.80. The molecule has 2 amide bonds. The number of amides is 2. The molecule has 1 saturated heterocycles. The van der Waals surface area contributed by atoms with Gasteiger partial charge in [0.25, 0.3) is 0 Å². The lowest BCUT2D eigenvalue weighted by atomic mass is 10.2. The van der Waals surface area contributed by atoms with E-state index in [1.54, 1.807) is 0 Å². The number of nitrogens with zero attached hydrogens (tertiary/aromatic N) is 2. The molecule has 0 radical (unpaired) electrons. The Morgan fingerprint density at radius 1 is 1.58 bits per heavy atom. The van der Waals surface area contributed by atoms with E-state index in [1.807, 2.05) is 20.8 Å². The highest BCUT2D eigenvalue weighted by Crippen LogP contribution is 2.38. The first-order valence-corrected chi connectivity index (χ1v) is 7.89. The molecule has 2 N–H and O–H groups in total. The number of carbonyl (C=O) groups is 2. The predicted octanol–water partition coefficient (Wildman–Crippen LogP) is 2.05. The van der Waals surface area contributed by atoms with Crippen molar-refractivity contribution in [3.05, 3.63) is 5.69 Å². The molecule has 1 fully saturated rings. The molecule has 0 bridgehead atoms. The maximum atomic E-state index is 12.3. The van der Waals surface area contributed by atoms with Crippen LogP contribution in [-0.4, -0.2) is 33.0 Å². The van der Waals surface area contributed by atoms with E-state index in [2.05, 4.69) is 4.98 Å². The topological polar surface area (TPSA) is 76.3 Å². The van der Waals surface area contributed by atoms with E-state index in [0.717, 1.165) is 16.3 Å². The maximum absolute atomic E-state index is 12.3. The van der Waals surface area contributed by atoms with Crippen LogP contribution >= 0.6 is 23.1 Å². The lowest BCUT2D eigenvalue weighted by molar-refractivity contribution is -0.140. The van der Waals surface area contributed by atoms with E-state index in [0.29, 0.717) is 5.13 Å². The fraction of sp³-hybridized carbons (Fsp3) is 0.583. The molecule has 1 aliphatic heterocycles. The molecule has 0 aromatic carbocycles. The van der Waals surface area contributed by atoms with Gasteiger partial charge in [-0.2, -0.15) is 0 Å². The molecule has 104 valence electrons. The summed E-state index contributed by atoms with van der Waals surface area (Å²) < 4.78 is 0.926. The van der Waals surface area contributed by atoms with Crippen molar-refractivity contribution in [2.45, 2.75) is 49.1 Å². The highest BCUT2D eigenvalue weighted by atomic mass is 32.2. The van der Waals surface area contributed by atoms with Gasteiger partial charge in [0.05, 0.1) is 15.2 Å². The molecule has 1 aromatic heterocycles. The molecule has 0 spiro atoms. The number of imide groups is 1. The summed E-state index contributed by atoms with van der Waals surface area (Å²) in [6, 6.07) is -0.0294. The number of likely N-dealkylation sites (tertiary alicyclic amines) is 1. The Morgan fingerprint density at radius 2 is 2.26 bits per heavy atom. The first-order valence-electron chi connectivity index (χ1n) is 6.19. The van der Waals surface area contributed by atoms with Crippen molar-refractivity contribution in [3.63, 3.8) is 0 Å². The third-order valence-corrected chi connectivity index (χ3v) is 5.68. The van der Waals surface area contributed by atoms with Crippen molar-refractivity contribution in [1.82, 2.24) is 9.88 Å². The van der Waals surface area contributed by atoms with Crippen LogP contribution in [0, 0.1) is 6.92 Å². The summed E-state index contributed by atoms with van der Waals surface area (Å²) in [7, 11) is 0. The standard InChI is InChI=1S/C12H17N3O2S2/c1-4-6(2)15-9(16)5-8(10(15)17)18-11-7(3)14-12(13)19-11/h6,8H,4-5H2,1-3H3,(H2,13,14). The Kier molecular flexibility index (Phi) is 4.15. The minimum absolute atomic E-state index is 0.0294. The molecule has 1 aliphatic rings. The van der Waals surface area contributed by atoms with Gasteiger partial charge in [0, 0.05) is 12.5 Å². The smallest absolute Gasteiger partial charge is 0.243 e. The second kappa shape index (κ2) is 5.50. The van der Waals surface area contributed by atoms with Gasteiger partial charge in [-0.05, 0) is 20.3 Å². The molecular weight excluding hydrogens is 282 g/mol. The summed E-state index contributed by atoms with van der Waals surface area (Å²) in [5, 5.41) is 0.163. The number of nitrogens with two attached hydrogens (primary N) is 1. The Hall–Kier alpha value is -1.08. The summed E-state index contributed by atoms with van der Waals surface area (Å²) in [4.78, 5) is 29.7. The fourth-order valence-electron chi connectivity index (χ4n) is 2.00. The quantitative estimate of drug-likeness (QED) is 0.861. The van der Waals surface area contributed by atoms with Crippen LogP contribution in [0.1, 0.15) is 32.4 Å². The second-order valence-electron chi connectivity index (χ2n) is 4.59. The summed E-state index contributed by atoms with van der Waals surface area (Å²) in [5.74, 6) is -0.164. The van der Waals surface area contributed by atoms with Crippen molar-refractivity contribution in [2.24, 2.45) is 0 Å². The van der Waals surface area contributed by atoms with Crippen LogP contribution in [0.15, 0.2) is 4.21 Å². The Bertz CT molecular complexity index is 515. The number of hydrogen-bond donors (Lipinski definition) is 1. The monoisotopic (exact) mass is 299 g/mol. The number of aryl methyl sites for hydroxylation is 1. The minimum Gasteiger partial charge on any atom is -0.375 e. The Morgan fingerprint density at radius 3 is 2.79 bits per heavy atom. The van der Waals surface area contributed by atoms with E-state index in [4.69, 9.17) is 5.73 Å². The van der Waals surface area contributed by atoms with E-state index < -0.39 is 0 Å². The molecule has 0 aliphatic carbocycles. The molecule has 1 aromatic rings. The zero-order valence-corrected chi connectivity index (χ0v) is 12.8. The van der Waals surface area contributed by atoms with Crippen molar-refractivity contribution < 1.29 is 9.59 Å². The SMILES string of the molecule is CCC(C)N1C(=O)CC(Sc2sc(N)nc2C)C1=O. The molecule has 5 nitrogen and oxygen atoms in total. The highest BCUT2D eigenvalue weighted by Gasteiger charge is 2.41. The summed E-state index contributed by atoms with van der Waals surface area (Å²) >= 11 is 2.77. The number of aromatic nitrogens is 1. The van der Waals surface area contributed by atoms with E-state index in [9.17, 15) is 9.59 Å². The van der Waals surface area contributed by atoms with Crippen molar-refractivity contribution in [1.29, 1.82) is 0 Å². The number of rotatable bonds is 4. The second-order valence-corrected chi connectivity index (χ2v) is 7.10. The van der Waals surface area contributed by atoms with E-state index in [1.165, 1.54) is 28.0 Å². The number of thioether (sulfide) groups is 1. The van der Waals surface area contributed by atoms with Gasteiger partial charge in [-0.15, -0.1) is 0 Å². The normalized spacial score (nSPS) is 21.2. The largest absolute Gasteiger partial charge is 0.375 e. The molecule has 19 heavy (non-hydrogen) atoms. The zero-order valence-electron chi connectivity index (χ0n) is 11.2. The van der Waals surface area contributed by atoms with Gasteiger partial charge in [0.1, 0.15) is 0 Å². The van der Waals surface area contributed by atoms with Crippen LogP contribution in [0.2, 0.25) is 0 Å². The average molecular weight is 299 g/mol. The maximum Gasteiger partial charge on any atom is 0.243 e. The molecule has 0 saturated carbocycles.